The predicted octanol–water partition coefficient (Wildman–Crippen LogP) is 6.92. The second kappa shape index (κ2) is 27.0. The predicted molar refractivity (Wildman–Crippen MR) is 179 cm³/mol. The molecule has 0 aromatic rings. The molecule has 1 rings (SSSR count). The molecule has 0 aromatic heterocycles. The van der Waals surface area contributed by atoms with Crippen LogP contribution in [0, 0.1) is 11.8 Å². The summed E-state index contributed by atoms with van der Waals surface area (Å²) in [6.07, 6.45) is 4.14. The molecule has 0 radical (unpaired) electrons. The lowest BCUT2D eigenvalue weighted by Gasteiger charge is -2.27. The molecule has 0 aromatic carbocycles. The van der Waals surface area contributed by atoms with Crippen LogP contribution in [-0.4, -0.2) is 60.7 Å². The number of nitrogens with zero attached hydrogens (tertiary/aromatic N) is 1. The van der Waals surface area contributed by atoms with E-state index in [9.17, 15) is 19.2 Å². The van der Waals surface area contributed by atoms with E-state index in [4.69, 9.17) is 11.6 Å². The molecule has 0 spiro atoms. The summed E-state index contributed by atoms with van der Waals surface area (Å²) in [6, 6.07) is 0. The number of halogens is 2. The summed E-state index contributed by atoms with van der Waals surface area (Å²) in [5.74, 6) is -0.620. The van der Waals surface area contributed by atoms with Crippen LogP contribution in [0.25, 0.3) is 0 Å². The van der Waals surface area contributed by atoms with Gasteiger partial charge in [-0.05, 0) is 69.5 Å². The molecule has 1 unspecified atom stereocenters. The fourth-order valence-corrected chi connectivity index (χ4v) is 3.03. The molecule has 10 heteroatoms. The Bertz CT molecular complexity index is 816. The van der Waals surface area contributed by atoms with E-state index in [1.165, 1.54) is 17.5 Å². The normalized spacial score (nSPS) is 19.1. The van der Waals surface area contributed by atoms with E-state index in [1.54, 1.807) is 13.8 Å². The molecule has 0 aliphatic carbocycles. The highest BCUT2D eigenvalue weighted by Crippen LogP contribution is 2.14. The Labute approximate surface area is 265 Å². The number of allylic oxidation sites excluding steroid dienone is 4. The van der Waals surface area contributed by atoms with E-state index in [-0.39, 0.29) is 36.7 Å². The van der Waals surface area contributed by atoms with Crippen LogP contribution in [0.15, 0.2) is 21.2 Å². The van der Waals surface area contributed by atoms with Gasteiger partial charge in [-0.2, -0.15) is 0 Å². The van der Waals surface area contributed by atoms with Crippen LogP contribution in [0.4, 0.5) is 0 Å². The van der Waals surface area contributed by atoms with Crippen LogP contribution in [0.1, 0.15) is 109 Å². The van der Waals surface area contributed by atoms with Crippen molar-refractivity contribution in [3.05, 3.63) is 21.2 Å². The first-order valence-corrected chi connectivity index (χ1v) is 15.9. The molecule has 1 aliphatic heterocycles. The quantitative estimate of drug-likeness (QED) is 0.264. The van der Waals surface area contributed by atoms with Gasteiger partial charge in [0, 0.05) is 24.5 Å². The van der Waals surface area contributed by atoms with Gasteiger partial charge in [0.25, 0.3) is 0 Å². The van der Waals surface area contributed by atoms with Crippen molar-refractivity contribution in [2.45, 2.75) is 115 Å². The third-order valence-corrected chi connectivity index (χ3v) is 5.73. The van der Waals surface area contributed by atoms with Gasteiger partial charge in [-0.3, -0.25) is 19.2 Å². The zero-order valence-corrected chi connectivity index (χ0v) is 30.7. The average molecular weight is 668 g/mol. The Kier molecular flexibility index (Phi) is 30.3. The highest BCUT2D eigenvalue weighted by atomic mass is 79.9. The van der Waals surface area contributed by atoms with Crippen molar-refractivity contribution < 1.29 is 19.2 Å². The first kappa shape index (κ1) is 46.1. The van der Waals surface area contributed by atoms with E-state index in [2.05, 4.69) is 52.7 Å². The third-order valence-electron chi connectivity index (χ3n) is 5.00. The Hall–Kier alpha value is -1.87. The molecule has 1 saturated heterocycles. The van der Waals surface area contributed by atoms with Gasteiger partial charge in [0.1, 0.15) is 5.54 Å². The molecule has 1 heterocycles. The second-order valence-corrected chi connectivity index (χ2v) is 12.3. The maximum atomic E-state index is 12.2. The number of rotatable bonds is 1. The Morgan fingerprint density at radius 3 is 1.90 bits per heavy atom. The van der Waals surface area contributed by atoms with Gasteiger partial charge in [0.05, 0.1) is 13.1 Å². The zero-order valence-electron chi connectivity index (χ0n) is 28.3. The number of nitrogens with one attached hydrogen (secondary N) is 3. The summed E-state index contributed by atoms with van der Waals surface area (Å²) in [6.45, 7) is 25.6. The zero-order chi connectivity index (χ0) is 33.3. The molecule has 1 fully saturated rings. The van der Waals surface area contributed by atoms with Gasteiger partial charge in [-0.1, -0.05) is 89.3 Å². The summed E-state index contributed by atoms with van der Waals surface area (Å²) >= 11 is 8.97. The van der Waals surface area contributed by atoms with Crippen molar-refractivity contribution >= 4 is 51.2 Å². The van der Waals surface area contributed by atoms with Crippen molar-refractivity contribution in [1.29, 1.82) is 0 Å². The molecule has 1 atom stereocenters. The number of carbonyl (C=O) groups excluding carboxylic acids is 4. The van der Waals surface area contributed by atoms with Crippen molar-refractivity contribution in [3.63, 3.8) is 0 Å². The van der Waals surface area contributed by atoms with Crippen LogP contribution in [0.2, 0.25) is 0 Å². The van der Waals surface area contributed by atoms with Crippen molar-refractivity contribution in [2.75, 3.05) is 26.7 Å². The minimum absolute atomic E-state index is 0.142. The van der Waals surface area contributed by atoms with Gasteiger partial charge in [0.15, 0.2) is 0 Å². The molecular formula is C31H60BrClN4O4. The highest BCUT2D eigenvalue weighted by Gasteiger charge is 2.30. The number of likely N-dealkylation sites (N-methyl/N-ethyl adjacent to an activating group) is 1. The summed E-state index contributed by atoms with van der Waals surface area (Å²) in [4.78, 5) is 49.3. The first-order valence-electron chi connectivity index (χ1n) is 14.7. The summed E-state index contributed by atoms with van der Waals surface area (Å²) in [5.41, 5.74) is 0.113. The number of hydrogen-bond acceptors (Lipinski definition) is 4. The minimum Gasteiger partial charge on any atom is -0.354 e. The molecule has 242 valence electrons. The monoisotopic (exact) mass is 666 g/mol. The number of carbonyl (C=O) groups is 4. The van der Waals surface area contributed by atoms with Crippen LogP contribution in [-0.2, 0) is 19.2 Å². The lowest BCUT2D eigenvalue weighted by atomic mass is 10.0. The van der Waals surface area contributed by atoms with Gasteiger partial charge in [-0.25, -0.2) is 0 Å². The smallest absolute Gasteiger partial charge is 0.245 e. The fraction of sp³-hybridized carbons (Fsp3) is 0.742. The van der Waals surface area contributed by atoms with E-state index < -0.39 is 11.4 Å². The molecular weight excluding hydrogens is 608 g/mol. The molecule has 0 bridgehead atoms. The number of amides is 4. The molecule has 0 saturated carbocycles. The summed E-state index contributed by atoms with van der Waals surface area (Å²) < 4.78 is 1.13. The largest absolute Gasteiger partial charge is 0.354 e. The maximum absolute atomic E-state index is 12.2. The van der Waals surface area contributed by atoms with E-state index in [0.29, 0.717) is 13.0 Å². The van der Waals surface area contributed by atoms with Gasteiger partial charge in [-0.15, -0.1) is 0 Å². The SMILES string of the molecule is C/C(Cl)=C\C(C)=C(/C)Br.CC.CC.CC(C)C.CC1CCCCNC(=O)C(C)(C)NC(=O)CN(C)C(=O)CNC1=O. The van der Waals surface area contributed by atoms with Gasteiger partial charge >= 0.3 is 0 Å². The Morgan fingerprint density at radius 2 is 1.49 bits per heavy atom. The van der Waals surface area contributed by atoms with Crippen LogP contribution < -0.4 is 16.0 Å². The number of hydrogen-bond donors (Lipinski definition) is 3. The van der Waals surface area contributed by atoms with Crippen molar-refractivity contribution in [1.82, 2.24) is 20.9 Å². The van der Waals surface area contributed by atoms with Crippen LogP contribution in [0.5, 0.6) is 0 Å². The van der Waals surface area contributed by atoms with Crippen LogP contribution >= 0.6 is 27.5 Å². The van der Waals surface area contributed by atoms with E-state index in [1.807, 2.05) is 61.5 Å². The molecule has 8 nitrogen and oxygen atoms in total. The molecule has 3 N–H and O–H groups in total. The fourth-order valence-electron chi connectivity index (χ4n) is 2.75. The van der Waals surface area contributed by atoms with E-state index in [0.717, 1.165) is 28.3 Å². The summed E-state index contributed by atoms with van der Waals surface area (Å²) in [7, 11) is 1.48. The second-order valence-electron chi connectivity index (χ2n) is 10.5. The van der Waals surface area contributed by atoms with Crippen LogP contribution in [0.3, 0.4) is 0 Å². The first-order chi connectivity index (χ1) is 18.9. The Morgan fingerprint density at radius 1 is 1.00 bits per heavy atom. The third kappa shape index (κ3) is 28.0. The lowest BCUT2D eigenvalue weighted by Crippen LogP contribution is -2.57. The van der Waals surface area contributed by atoms with Crippen molar-refractivity contribution in [3.8, 4) is 0 Å². The topological polar surface area (TPSA) is 108 Å². The van der Waals surface area contributed by atoms with Gasteiger partial charge < -0.3 is 20.9 Å². The van der Waals surface area contributed by atoms with Crippen molar-refractivity contribution in [2.24, 2.45) is 11.8 Å². The highest BCUT2D eigenvalue weighted by molar-refractivity contribution is 9.11. The maximum Gasteiger partial charge on any atom is 0.245 e. The van der Waals surface area contributed by atoms with Gasteiger partial charge in [0.2, 0.25) is 23.6 Å². The minimum atomic E-state index is -1.06. The molecule has 41 heavy (non-hydrogen) atoms. The Balaban J connectivity index is -0.000000332. The molecule has 1 aliphatic rings. The average Bonchev–Trinajstić information content (AvgIpc) is 2.87. The standard InChI is InChI=1S/C16H28N4O4.C7H10BrCl.C4H10.2C2H6/c1-11-7-5-6-8-17-15(24)16(2,3)19-12(21)10-20(4)13(22)9-18-14(11)23;1-5(7(3)8)4-6(2)9;1-4(2)3;2*1-2/h11H,5-10H2,1-4H3,(H,17,24)(H,18,23)(H,19,21);4H,1-3H3;4H,1-3H3;2*1-2H3/b;6-4+,7-5+;;;. The summed E-state index contributed by atoms with van der Waals surface area (Å²) in [5, 5.41) is 8.82. The lowest BCUT2D eigenvalue weighted by molar-refractivity contribution is -0.137. The molecule has 4 amide bonds. The van der Waals surface area contributed by atoms with E-state index >= 15 is 0 Å².